The van der Waals surface area contributed by atoms with Gasteiger partial charge in [0.2, 0.25) is 5.91 Å². The largest absolute Gasteiger partial charge is 0.350 e. The van der Waals surface area contributed by atoms with Crippen LogP contribution in [0.15, 0.2) is 30.3 Å². The molecular formula is C16H22N4O. The number of carbonyl (C=O) groups excluding carboxylic acids is 1. The molecule has 1 aromatic carbocycles. The van der Waals surface area contributed by atoms with Gasteiger partial charge < -0.3 is 11.1 Å². The summed E-state index contributed by atoms with van der Waals surface area (Å²) in [6, 6.07) is 9.93. The Balaban J connectivity index is 2.23. The van der Waals surface area contributed by atoms with Crippen LogP contribution in [-0.2, 0) is 11.3 Å². The fourth-order valence-electron chi connectivity index (χ4n) is 2.15. The molecule has 0 spiro atoms. The van der Waals surface area contributed by atoms with Gasteiger partial charge in [-0.3, -0.25) is 4.79 Å². The second-order valence-corrected chi connectivity index (χ2v) is 5.80. The number of para-hydroxylation sites is 1. The van der Waals surface area contributed by atoms with E-state index in [1.165, 1.54) is 0 Å². The van der Waals surface area contributed by atoms with Crippen molar-refractivity contribution in [2.75, 3.05) is 0 Å². The summed E-state index contributed by atoms with van der Waals surface area (Å²) >= 11 is 0. The van der Waals surface area contributed by atoms with E-state index in [0.717, 1.165) is 22.6 Å². The van der Waals surface area contributed by atoms with Gasteiger partial charge in [0.25, 0.3) is 0 Å². The van der Waals surface area contributed by atoms with Crippen molar-refractivity contribution in [3.05, 3.63) is 47.3 Å². The van der Waals surface area contributed by atoms with E-state index < -0.39 is 5.54 Å². The first-order valence-electron chi connectivity index (χ1n) is 6.98. The third-order valence-electron chi connectivity index (χ3n) is 3.45. The van der Waals surface area contributed by atoms with Crippen molar-refractivity contribution in [2.24, 2.45) is 5.73 Å². The topological polar surface area (TPSA) is 72.9 Å². The number of aryl methyl sites for hydroxylation is 1. The number of amides is 1. The standard InChI is InChI=1S/C16H22N4O/c1-11-14(10-18-15(21)16(3,4)17)12(2)20(19-11)13-8-6-5-7-9-13/h5-9H,10,17H2,1-4H3,(H,18,21). The van der Waals surface area contributed by atoms with Crippen molar-refractivity contribution in [3.8, 4) is 5.69 Å². The van der Waals surface area contributed by atoms with Gasteiger partial charge in [-0.15, -0.1) is 0 Å². The van der Waals surface area contributed by atoms with Crippen LogP contribution in [0.25, 0.3) is 5.69 Å². The molecule has 0 saturated carbocycles. The average molecular weight is 286 g/mol. The molecule has 2 aromatic rings. The molecule has 0 aliphatic heterocycles. The molecule has 21 heavy (non-hydrogen) atoms. The van der Waals surface area contributed by atoms with Crippen LogP contribution < -0.4 is 11.1 Å². The third kappa shape index (κ3) is 3.31. The number of rotatable bonds is 4. The van der Waals surface area contributed by atoms with Crippen molar-refractivity contribution in [2.45, 2.75) is 39.8 Å². The van der Waals surface area contributed by atoms with Gasteiger partial charge in [-0.2, -0.15) is 5.10 Å². The highest BCUT2D eigenvalue weighted by molar-refractivity contribution is 5.85. The van der Waals surface area contributed by atoms with Gasteiger partial charge in [-0.1, -0.05) is 18.2 Å². The summed E-state index contributed by atoms with van der Waals surface area (Å²) in [5.74, 6) is -0.172. The lowest BCUT2D eigenvalue weighted by atomic mass is 10.1. The molecule has 0 aliphatic carbocycles. The zero-order chi connectivity index (χ0) is 15.6. The molecular weight excluding hydrogens is 264 g/mol. The quantitative estimate of drug-likeness (QED) is 0.900. The van der Waals surface area contributed by atoms with Gasteiger partial charge in [0.1, 0.15) is 0 Å². The summed E-state index contributed by atoms with van der Waals surface area (Å²) in [6.45, 7) is 7.76. The number of benzene rings is 1. The van der Waals surface area contributed by atoms with Crippen LogP contribution in [0.1, 0.15) is 30.8 Å². The summed E-state index contributed by atoms with van der Waals surface area (Å²) in [6.07, 6.45) is 0. The minimum absolute atomic E-state index is 0.172. The van der Waals surface area contributed by atoms with E-state index in [0.29, 0.717) is 6.54 Å². The maximum absolute atomic E-state index is 11.9. The molecule has 0 atom stereocenters. The van der Waals surface area contributed by atoms with Crippen LogP contribution in [0.5, 0.6) is 0 Å². The van der Waals surface area contributed by atoms with Gasteiger partial charge >= 0.3 is 0 Å². The summed E-state index contributed by atoms with van der Waals surface area (Å²) < 4.78 is 1.89. The maximum atomic E-state index is 11.9. The second-order valence-electron chi connectivity index (χ2n) is 5.80. The van der Waals surface area contributed by atoms with Gasteiger partial charge in [0.15, 0.2) is 0 Å². The smallest absolute Gasteiger partial charge is 0.239 e. The summed E-state index contributed by atoms with van der Waals surface area (Å²) in [5, 5.41) is 7.42. The first kappa shape index (κ1) is 15.3. The molecule has 5 heteroatoms. The Morgan fingerprint density at radius 1 is 1.29 bits per heavy atom. The number of hydrogen-bond donors (Lipinski definition) is 2. The van der Waals surface area contributed by atoms with E-state index in [9.17, 15) is 4.79 Å². The van der Waals surface area contributed by atoms with E-state index in [1.807, 2.05) is 48.9 Å². The van der Waals surface area contributed by atoms with Crippen molar-refractivity contribution < 1.29 is 4.79 Å². The van der Waals surface area contributed by atoms with Crippen LogP contribution in [0.2, 0.25) is 0 Å². The average Bonchev–Trinajstić information content (AvgIpc) is 2.71. The van der Waals surface area contributed by atoms with Gasteiger partial charge in [0.05, 0.1) is 16.9 Å². The lowest BCUT2D eigenvalue weighted by molar-refractivity contribution is -0.125. The molecule has 0 unspecified atom stereocenters. The van der Waals surface area contributed by atoms with Crippen LogP contribution >= 0.6 is 0 Å². The highest BCUT2D eigenvalue weighted by Crippen LogP contribution is 2.17. The molecule has 0 radical (unpaired) electrons. The van der Waals surface area contributed by atoms with Crippen molar-refractivity contribution >= 4 is 5.91 Å². The van der Waals surface area contributed by atoms with Gasteiger partial charge in [0, 0.05) is 17.8 Å². The molecule has 0 aliphatic rings. The molecule has 1 amide bonds. The maximum Gasteiger partial charge on any atom is 0.239 e. The van der Waals surface area contributed by atoms with Gasteiger partial charge in [-0.05, 0) is 39.8 Å². The molecule has 1 heterocycles. The SMILES string of the molecule is Cc1nn(-c2ccccc2)c(C)c1CNC(=O)C(C)(C)N. The van der Waals surface area contributed by atoms with E-state index in [-0.39, 0.29) is 5.91 Å². The molecule has 112 valence electrons. The molecule has 3 N–H and O–H groups in total. The fraction of sp³-hybridized carbons (Fsp3) is 0.375. The normalized spacial score (nSPS) is 11.5. The zero-order valence-electron chi connectivity index (χ0n) is 13.0. The predicted molar refractivity (Wildman–Crippen MR) is 83.2 cm³/mol. The second kappa shape index (κ2) is 5.69. The highest BCUT2D eigenvalue weighted by Gasteiger charge is 2.22. The van der Waals surface area contributed by atoms with Crippen LogP contribution in [-0.4, -0.2) is 21.2 Å². The first-order chi connectivity index (χ1) is 9.80. The number of nitrogens with one attached hydrogen (secondary N) is 1. The summed E-state index contributed by atoms with van der Waals surface area (Å²) in [7, 11) is 0. The fourth-order valence-corrected chi connectivity index (χ4v) is 2.15. The Hall–Kier alpha value is -2.14. The van der Waals surface area contributed by atoms with Crippen molar-refractivity contribution in [1.29, 1.82) is 0 Å². The van der Waals surface area contributed by atoms with Crippen molar-refractivity contribution in [3.63, 3.8) is 0 Å². The Bertz CT molecular complexity index is 638. The number of carbonyl (C=O) groups is 1. The van der Waals surface area contributed by atoms with Gasteiger partial charge in [-0.25, -0.2) is 4.68 Å². The summed E-state index contributed by atoms with van der Waals surface area (Å²) in [4.78, 5) is 11.9. The molecule has 0 bridgehead atoms. The van der Waals surface area contributed by atoms with Crippen LogP contribution in [0, 0.1) is 13.8 Å². The van der Waals surface area contributed by atoms with E-state index >= 15 is 0 Å². The predicted octanol–water partition coefficient (Wildman–Crippen LogP) is 1.84. The van der Waals surface area contributed by atoms with E-state index in [4.69, 9.17) is 5.73 Å². The Morgan fingerprint density at radius 2 is 1.90 bits per heavy atom. The number of hydrogen-bond acceptors (Lipinski definition) is 3. The Kier molecular flexibility index (Phi) is 4.14. The highest BCUT2D eigenvalue weighted by atomic mass is 16.2. The molecule has 0 saturated heterocycles. The van der Waals surface area contributed by atoms with E-state index in [1.54, 1.807) is 13.8 Å². The number of nitrogens with zero attached hydrogens (tertiary/aromatic N) is 2. The van der Waals surface area contributed by atoms with E-state index in [2.05, 4.69) is 10.4 Å². The monoisotopic (exact) mass is 286 g/mol. The minimum Gasteiger partial charge on any atom is -0.350 e. The molecule has 5 nitrogen and oxygen atoms in total. The van der Waals surface area contributed by atoms with Crippen molar-refractivity contribution in [1.82, 2.24) is 15.1 Å². The lowest BCUT2D eigenvalue weighted by Gasteiger charge is -2.17. The molecule has 0 fully saturated rings. The minimum atomic E-state index is -0.878. The molecule has 2 rings (SSSR count). The number of aromatic nitrogens is 2. The lowest BCUT2D eigenvalue weighted by Crippen LogP contribution is -2.48. The Morgan fingerprint density at radius 3 is 2.48 bits per heavy atom. The third-order valence-corrected chi connectivity index (χ3v) is 3.45. The van der Waals surface area contributed by atoms with Crippen LogP contribution in [0.3, 0.4) is 0 Å². The molecule has 1 aromatic heterocycles. The first-order valence-corrected chi connectivity index (χ1v) is 6.98. The van der Waals surface area contributed by atoms with Crippen LogP contribution in [0.4, 0.5) is 0 Å². The number of nitrogens with two attached hydrogens (primary N) is 1. The Labute approximate surface area is 125 Å². The summed E-state index contributed by atoms with van der Waals surface area (Å²) in [5.41, 5.74) is 8.87. The zero-order valence-corrected chi connectivity index (χ0v) is 13.0.